The lowest BCUT2D eigenvalue weighted by molar-refractivity contribution is -0.385. The van der Waals surface area contributed by atoms with E-state index in [9.17, 15) is 33.2 Å². The van der Waals surface area contributed by atoms with Gasteiger partial charge in [0.25, 0.3) is 5.69 Å². The van der Waals surface area contributed by atoms with Crippen LogP contribution in [-0.4, -0.2) is 10.9 Å². The number of halogens is 3. The van der Waals surface area contributed by atoms with Crippen LogP contribution in [0.15, 0.2) is 42.5 Å². The summed E-state index contributed by atoms with van der Waals surface area (Å²) in [6.07, 6.45) is -4.88. The molecule has 2 aromatic rings. The highest BCUT2D eigenvalue weighted by atomic mass is 19.4. The number of non-ortho nitro benzene ring substituents is 1. The Bertz CT molecular complexity index is 773. The van der Waals surface area contributed by atoms with Crippen LogP contribution in [0.3, 0.4) is 0 Å². The summed E-state index contributed by atoms with van der Waals surface area (Å²) in [6, 6.07) is 6.67. The van der Waals surface area contributed by atoms with Crippen LogP contribution in [0, 0.1) is 10.1 Å². The number of nitrogens with zero attached hydrogens (tertiary/aromatic N) is 1. The number of ether oxygens (including phenoxy) is 1. The largest absolute Gasteiger partial charge is 0.545 e. The maximum Gasteiger partial charge on any atom is 0.420 e. The third-order valence-electron chi connectivity index (χ3n) is 2.78. The molecular weight excluding hydrogens is 319 g/mol. The molecule has 6 nitrogen and oxygen atoms in total. The Labute approximate surface area is 126 Å². The molecule has 0 aliphatic carbocycles. The molecule has 0 radical (unpaired) electrons. The minimum Gasteiger partial charge on any atom is -0.545 e. The van der Waals surface area contributed by atoms with Gasteiger partial charge in [0, 0.05) is 17.7 Å². The van der Waals surface area contributed by atoms with Gasteiger partial charge in [-0.25, -0.2) is 0 Å². The van der Waals surface area contributed by atoms with Crippen LogP contribution in [-0.2, 0) is 6.18 Å². The van der Waals surface area contributed by atoms with Gasteiger partial charge in [0.2, 0.25) is 0 Å². The summed E-state index contributed by atoms with van der Waals surface area (Å²) in [5.74, 6) is -2.38. The Kier molecular flexibility index (Phi) is 4.21. The monoisotopic (exact) mass is 326 g/mol. The molecule has 0 saturated carbocycles. The topological polar surface area (TPSA) is 92.5 Å². The van der Waals surface area contributed by atoms with Crippen molar-refractivity contribution >= 4 is 11.7 Å². The number of nitro groups is 1. The fraction of sp³-hybridized carbons (Fsp3) is 0.0714. The van der Waals surface area contributed by atoms with Crippen molar-refractivity contribution in [2.24, 2.45) is 0 Å². The number of hydrogen-bond donors (Lipinski definition) is 0. The quantitative estimate of drug-likeness (QED) is 0.636. The van der Waals surface area contributed by atoms with Crippen molar-refractivity contribution in [1.82, 2.24) is 0 Å². The molecule has 0 atom stereocenters. The summed E-state index contributed by atoms with van der Waals surface area (Å²) in [4.78, 5) is 20.4. The predicted octanol–water partition coefficient (Wildman–Crippen LogP) is 2.77. The standard InChI is InChI=1S/C14H8F3NO5/c15-14(16,17)11-7-9(18(21)22)4-5-12(11)23-10-3-1-2-8(6-10)13(19)20/h1-7H,(H,19,20)/p-1. The van der Waals surface area contributed by atoms with Crippen LogP contribution >= 0.6 is 0 Å². The first-order valence-electron chi connectivity index (χ1n) is 6.03. The van der Waals surface area contributed by atoms with Crippen LogP contribution in [0.2, 0.25) is 0 Å². The number of rotatable bonds is 4. The number of carboxylic acid groups (broad SMARTS) is 1. The smallest absolute Gasteiger partial charge is 0.420 e. The number of alkyl halides is 3. The van der Waals surface area contributed by atoms with Gasteiger partial charge in [-0.2, -0.15) is 13.2 Å². The summed E-state index contributed by atoms with van der Waals surface area (Å²) < 4.78 is 44.0. The summed E-state index contributed by atoms with van der Waals surface area (Å²) in [5.41, 5.74) is -2.36. The summed E-state index contributed by atoms with van der Waals surface area (Å²) in [5, 5.41) is 21.3. The van der Waals surface area contributed by atoms with Crippen LogP contribution in [0.25, 0.3) is 0 Å². The third-order valence-corrected chi connectivity index (χ3v) is 2.78. The minimum absolute atomic E-state index is 0.175. The number of carboxylic acids is 1. The first kappa shape index (κ1) is 16.3. The minimum atomic E-state index is -4.88. The first-order chi connectivity index (χ1) is 10.7. The molecule has 0 unspecified atom stereocenters. The molecule has 0 N–H and O–H groups in total. The number of aromatic carboxylic acids is 1. The molecule has 0 aromatic heterocycles. The molecule has 0 aliphatic rings. The Balaban J connectivity index is 2.45. The van der Waals surface area contributed by atoms with Gasteiger partial charge >= 0.3 is 6.18 Å². The Morgan fingerprint density at radius 2 is 1.83 bits per heavy atom. The van der Waals surface area contributed by atoms with E-state index in [1.165, 1.54) is 18.2 Å². The van der Waals surface area contributed by atoms with Crippen LogP contribution < -0.4 is 9.84 Å². The zero-order valence-corrected chi connectivity index (χ0v) is 11.2. The Morgan fingerprint density at radius 1 is 1.13 bits per heavy atom. The molecule has 23 heavy (non-hydrogen) atoms. The Morgan fingerprint density at radius 3 is 2.39 bits per heavy atom. The number of carbonyl (C=O) groups excluding carboxylic acids is 1. The van der Waals surface area contributed by atoms with Crippen molar-refractivity contribution < 1.29 is 32.7 Å². The normalized spacial score (nSPS) is 11.1. The highest BCUT2D eigenvalue weighted by molar-refractivity contribution is 5.86. The molecule has 2 aromatic carbocycles. The van der Waals surface area contributed by atoms with E-state index in [-0.39, 0.29) is 11.3 Å². The number of nitro benzene ring substituents is 1. The van der Waals surface area contributed by atoms with Crippen LogP contribution in [0.4, 0.5) is 18.9 Å². The average molecular weight is 326 g/mol. The SMILES string of the molecule is O=C([O-])c1cccc(Oc2ccc([N+](=O)[O-])cc2C(F)(F)F)c1. The lowest BCUT2D eigenvalue weighted by Gasteiger charge is -2.14. The second kappa shape index (κ2) is 5.95. The molecule has 0 heterocycles. The van der Waals surface area contributed by atoms with Gasteiger partial charge in [0.05, 0.1) is 10.9 Å². The highest BCUT2D eigenvalue weighted by Gasteiger charge is 2.36. The van der Waals surface area contributed by atoms with Gasteiger partial charge in [-0.15, -0.1) is 0 Å². The maximum atomic E-state index is 13.0. The lowest BCUT2D eigenvalue weighted by atomic mass is 10.1. The van der Waals surface area contributed by atoms with E-state index < -0.39 is 34.1 Å². The van der Waals surface area contributed by atoms with E-state index >= 15 is 0 Å². The zero-order chi connectivity index (χ0) is 17.2. The zero-order valence-electron chi connectivity index (χ0n) is 11.2. The fourth-order valence-corrected chi connectivity index (χ4v) is 1.76. The van der Waals surface area contributed by atoms with Gasteiger partial charge in [-0.3, -0.25) is 10.1 Å². The lowest BCUT2D eigenvalue weighted by Crippen LogP contribution is -2.22. The average Bonchev–Trinajstić information content (AvgIpc) is 2.46. The van der Waals surface area contributed by atoms with E-state index in [0.717, 1.165) is 18.2 Å². The van der Waals surface area contributed by atoms with E-state index in [4.69, 9.17) is 4.74 Å². The molecule has 0 amide bonds. The van der Waals surface area contributed by atoms with E-state index in [0.29, 0.717) is 6.07 Å². The first-order valence-corrected chi connectivity index (χ1v) is 6.03. The van der Waals surface area contributed by atoms with Gasteiger partial charge in [0.1, 0.15) is 17.1 Å². The second-order valence-corrected chi connectivity index (χ2v) is 4.35. The molecule has 0 spiro atoms. The fourth-order valence-electron chi connectivity index (χ4n) is 1.76. The summed E-state index contributed by atoms with van der Waals surface area (Å²) in [6.45, 7) is 0. The van der Waals surface area contributed by atoms with Crippen molar-refractivity contribution in [3.05, 3.63) is 63.7 Å². The molecule has 0 bridgehead atoms. The summed E-state index contributed by atoms with van der Waals surface area (Å²) in [7, 11) is 0. The maximum absolute atomic E-state index is 13.0. The van der Waals surface area contributed by atoms with Crippen molar-refractivity contribution in [2.75, 3.05) is 0 Å². The van der Waals surface area contributed by atoms with Gasteiger partial charge in [0.15, 0.2) is 0 Å². The van der Waals surface area contributed by atoms with Crippen molar-refractivity contribution in [2.45, 2.75) is 6.18 Å². The van der Waals surface area contributed by atoms with Gasteiger partial charge < -0.3 is 14.6 Å². The second-order valence-electron chi connectivity index (χ2n) is 4.35. The van der Waals surface area contributed by atoms with Crippen molar-refractivity contribution in [3.63, 3.8) is 0 Å². The van der Waals surface area contributed by atoms with E-state index in [1.807, 2.05) is 0 Å². The molecule has 0 aliphatic heterocycles. The predicted molar refractivity (Wildman–Crippen MR) is 68.9 cm³/mol. The van der Waals surface area contributed by atoms with Crippen molar-refractivity contribution in [1.29, 1.82) is 0 Å². The highest BCUT2D eigenvalue weighted by Crippen LogP contribution is 2.40. The number of carbonyl (C=O) groups is 1. The van der Waals surface area contributed by atoms with Crippen LogP contribution in [0.1, 0.15) is 15.9 Å². The molecule has 2 rings (SSSR count). The van der Waals surface area contributed by atoms with Crippen LogP contribution in [0.5, 0.6) is 11.5 Å². The third kappa shape index (κ3) is 3.76. The number of benzene rings is 2. The van der Waals surface area contributed by atoms with E-state index in [2.05, 4.69) is 0 Å². The van der Waals surface area contributed by atoms with Crippen molar-refractivity contribution in [3.8, 4) is 11.5 Å². The van der Waals surface area contributed by atoms with E-state index in [1.54, 1.807) is 0 Å². The Hall–Kier alpha value is -3.10. The molecule has 0 fully saturated rings. The molecule has 0 saturated heterocycles. The summed E-state index contributed by atoms with van der Waals surface area (Å²) >= 11 is 0. The molecule has 9 heteroatoms. The van der Waals surface area contributed by atoms with Gasteiger partial charge in [-0.1, -0.05) is 12.1 Å². The number of hydrogen-bond acceptors (Lipinski definition) is 5. The molecule has 120 valence electrons. The molecular formula is C14H7F3NO5-. The van der Waals surface area contributed by atoms with Gasteiger partial charge in [-0.05, 0) is 18.2 Å².